The van der Waals surface area contributed by atoms with Crippen LogP contribution in [0.4, 0.5) is 11.4 Å². The summed E-state index contributed by atoms with van der Waals surface area (Å²) in [7, 11) is 0. The van der Waals surface area contributed by atoms with Gasteiger partial charge in [0.05, 0.1) is 12.2 Å². The average molecular weight is 433 g/mol. The van der Waals surface area contributed by atoms with E-state index in [0.717, 1.165) is 22.9 Å². The first-order chi connectivity index (χ1) is 12.9. The van der Waals surface area contributed by atoms with Crippen LogP contribution >= 0.6 is 15.9 Å². The fraction of sp³-hybridized carbons (Fsp3) is 0.333. The highest BCUT2D eigenvalue weighted by molar-refractivity contribution is 9.10. The highest BCUT2D eigenvalue weighted by Gasteiger charge is 2.14. The number of nitrogens with one attached hydrogen (secondary N) is 2. The lowest BCUT2D eigenvalue weighted by molar-refractivity contribution is -0.115. The van der Waals surface area contributed by atoms with Crippen LogP contribution in [-0.4, -0.2) is 18.4 Å². The summed E-state index contributed by atoms with van der Waals surface area (Å²) in [6, 6.07) is 10.8. The molecule has 0 saturated carbocycles. The number of unbranched alkanes of at least 4 members (excludes halogenated alkanes) is 1. The molecule has 0 saturated heterocycles. The second kappa shape index (κ2) is 10.1. The van der Waals surface area contributed by atoms with Crippen LogP contribution in [-0.2, 0) is 4.79 Å². The van der Waals surface area contributed by atoms with Crippen LogP contribution < -0.4 is 15.4 Å². The summed E-state index contributed by atoms with van der Waals surface area (Å²) >= 11 is 3.41. The Bertz CT molecular complexity index is 821. The normalized spacial score (nSPS) is 10.4. The predicted octanol–water partition coefficient (Wildman–Crippen LogP) is 5.54. The van der Waals surface area contributed by atoms with Gasteiger partial charge in [0.15, 0.2) is 0 Å². The van der Waals surface area contributed by atoms with Crippen molar-refractivity contribution in [2.45, 2.75) is 40.0 Å². The Morgan fingerprint density at radius 3 is 2.56 bits per heavy atom. The van der Waals surface area contributed by atoms with Gasteiger partial charge in [0.1, 0.15) is 5.75 Å². The molecule has 0 atom stereocenters. The maximum atomic E-state index is 12.8. The van der Waals surface area contributed by atoms with E-state index in [-0.39, 0.29) is 11.8 Å². The molecule has 2 aromatic rings. The fourth-order valence-electron chi connectivity index (χ4n) is 2.40. The van der Waals surface area contributed by atoms with E-state index < -0.39 is 0 Å². The van der Waals surface area contributed by atoms with Crippen molar-refractivity contribution in [3.8, 4) is 5.75 Å². The van der Waals surface area contributed by atoms with Crippen LogP contribution in [0, 0.1) is 6.92 Å². The van der Waals surface area contributed by atoms with Gasteiger partial charge in [-0.3, -0.25) is 9.59 Å². The Balaban J connectivity index is 2.20. The van der Waals surface area contributed by atoms with E-state index in [9.17, 15) is 9.59 Å². The molecule has 0 aliphatic rings. The first-order valence-corrected chi connectivity index (χ1v) is 9.88. The number of ether oxygens (including phenoxy) is 1. The molecule has 0 aliphatic carbocycles. The number of hydrogen-bond acceptors (Lipinski definition) is 3. The third-order valence-electron chi connectivity index (χ3n) is 4.03. The van der Waals surface area contributed by atoms with E-state index >= 15 is 0 Å². The fourth-order valence-corrected chi connectivity index (χ4v) is 2.76. The Labute approximate surface area is 168 Å². The number of halogens is 1. The number of carbonyl (C=O) groups excluding carboxylic acids is 2. The molecular formula is C21H25BrN2O3. The summed E-state index contributed by atoms with van der Waals surface area (Å²) < 4.78 is 6.56. The standard InChI is InChI=1S/C21H25BrN2O3/c1-4-6-11-27-19-10-8-15(22)12-17(19)21(26)23-16-9-7-14(3)18(13-16)24-20(25)5-2/h7-10,12-13H,4-6,11H2,1-3H3,(H,23,26)(H,24,25). The SMILES string of the molecule is CCCCOc1ccc(Br)cc1C(=O)Nc1ccc(C)c(NC(=O)CC)c1. The molecule has 0 fully saturated rings. The molecular weight excluding hydrogens is 408 g/mol. The van der Waals surface area contributed by atoms with Crippen LogP contribution in [0.2, 0.25) is 0 Å². The highest BCUT2D eigenvalue weighted by Crippen LogP contribution is 2.26. The lowest BCUT2D eigenvalue weighted by Crippen LogP contribution is -2.15. The zero-order valence-electron chi connectivity index (χ0n) is 15.9. The number of anilines is 2. The molecule has 0 aliphatic heterocycles. The average Bonchev–Trinajstić information content (AvgIpc) is 2.65. The zero-order valence-corrected chi connectivity index (χ0v) is 17.5. The van der Waals surface area contributed by atoms with E-state index in [1.807, 2.05) is 25.1 Å². The van der Waals surface area contributed by atoms with Gasteiger partial charge < -0.3 is 15.4 Å². The van der Waals surface area contributed by atoms with E-state index in [1.54, 1.807) is 25.1 Å². The van der Waals surface area contributed by atoms with Crippen molar-refractivity contribution in [3.63, 3.8) is 0 Å². The molecule has 2 N–H and O–H groups in total. The molecule has 2 amide bonds. The van der Waals surface area contributed by atoms with Crippen molar-refractivity contribution in [2.24, 2.45) is 0 Å². The second-order valence-electron chi connectivity index (χ2n) is 6.23. The Kier molecular flexibility index (Phi) is 7.85. The summed E-state index contributed by atoms with van der Waals surface area (Å²) in [6.07, 6.45) is 2.34. The van der Waals surface area contributed by atoms with Gasteiger partial charge in [0.2, 0.25) is 5.91 Å². The topological polar surface area (TPSA) is 67.4 Å². The third-order valence-corrected chi connectivity index (χ3v) is 4.53. The molecule has 0 aromatic heterocycles. The lowest BCUT2D eigenvalue weighted by Gasteiger charge is -2.14. The molecule has 0 heterocycles. The molecule has 0 bridgehead atoms. The molecule has 0 spiro atoms. The number of hydrogen-bond donors (Lipinski definition) is 2. The maximum Gasteiger partial charge on any atom is 0.259 e. The van der Waals surface area contributed by atoms with E-state index in [0.29, 0.717) is 35.7 Å². The lowest BCUT2D eigenvalue weighted by atomic mass is 10.1. The van der Waals surface area contributed by atoms with Crippen molar-refractivity contribution < 1.29 is 14.3 Å². The van der Waals surface area contributed by atoms with Crippen molar-refractivity contribution in [1.29, 1.82) is 0 Å². The Hall–Kier alpha value is -2.34. The zero-order chi connectivity index (χ0) is 19.8. The van der Waals surface area contributed by atoms with Crippen LogP contribution in [0.3, 0.4) is 0 Å². The maximum absolute atomic E-state index is 12.8. The van der Waals surface area contributed by atoms with Gasteiger partial charge in [0, 0.05) is 22.3 Å². The van der Waals surface area contributed by atoms with Crippen LogP contribution in [0.1, 0.15) is 49.0 Å². The minimum absolute atomic E-state index is 0.0693. The number of benzene rings is 2. The number of rotatable bonds is 8. The number of aryl methyl sites for hydroxylation is 1. The number of carbonyl (C=O) groups is 2. The summed E-state index contributed by atoms with van der Waals surface area (Å²) in [4.78, 5) is 24.5. The van der Waals surface area contributed by atoms with Gasteiger partial charge in [-0.2, -0.15) is 0 Å². The third kappa shape index (κ3) is 6.10. The van der Waals surface area contributed by atoms with Gasteiger partial charge >= 0.3 is 0 Å². The smallest absolute Gasteiger partial charge is 0.259 e. The van der Waals surface area contributed by atoms with Crippen molar-refractivity contribution in [1.82, 2.24) is 0 Å². The molecule has 2 aromatic carbocycles. The van der Waals surface area contributed by atoms with Crippen LogP contribution in [0.15, 0.2) is 40.9 Å². The van der Waals surface area contributed by atoms with Crippen molar-refractivity contribution in [3.05, 3.63) is 52.0 Å². The van der Waals surface area contributed by atoms with E-state index in [4.69, 9.17) is 4.74 Å². The van der Waals surface area contributed by atoms with Crippen molar-refractivity contribution in [2.75, 3.05) is 17.2 Å². The monoisotopic (exact) mass is 432 g/mol. The molecule has 144 valence electrons. The minimum atomic E-state index is -0.264. The summed E-state index contributed by atoms with van der Waals surface area (Å²) in [6.45, 7) is 6.36. The summed E-state index contributed by atoms with van der Waals surface area (Å²) in [5.74, 6) is 0.218. The van der Waals surface area contributed by atoms with E-state index in [1.165, 1.54) is 0 Å². The first-order valence-electron chi connectivity index (χ1n) is 9.08. The first kappa shape index (κ1) is 21.0. The van der Waals surface area contributed by atoms with Crippen molar-refractivity contribution >= 4 is 39.1 Å². The quantitative estimate of drug-likeness (QED) is 0.538. The Morgan fingerprint density at radius 2 is 1.85 bits per heavy atom. The summed E-state index contributed by atoms with van der Waals surface area (Å²) in [5, 5.41) is 5.73. The van der Waals surface area contributed by atoms with E-state index in [2.05, 4.69) is 33.5 Å². The molecule has 5 nitrogen and oxygen atoms in total. The van der Waals surface area contributed by atoms with Crippen LogP contribution in [0.5, 0.6) is 5.75 Å². The van der Waals surface area contributed by atoms with Crippen LogP contribution in [0.25, 0.3) is 0 Å². The van der Waals surface area contributed by atoms with Gasteiger partial charge in [0.25, 0.3) is 5.91 Å². The van der Waals surface area contributed by atoms with Gasteiger partial charge in [-0.25, -0.2) is 0 Å². The van der Waals surface area contributed by atoms with Gasteiger partial charge in [-0.15, -0.1) is 0 Å². The predicted molar refractivity (Wildman–Crippen MR) is 113 cm³/mol. The highest BCUT2D eigenvalue weighted by atomic mass is 79.9. The minimum Gasteiger partial charge on any atom is -0.493 e. The summed E-state index contributed by atoms with van der Waals surface area (Å²) in [5.41, 5.74) is 2.69. The largest absolute Gasteiger partial charge is 0.493 e. The number of amides is 2. The van der Waals surface area contributed by atoms with Gasteiger partial charge in [-0.1, -0.05) is 42.3 Å². The molecule has 2 rings (SSSR count). The second-order valence-corrected chi connectivity index (χ2v) is 7.14. The Morgan fingerprint density at radius 1 is 1.07 bits per heavy atom. The molecule has 27 heavy (non-hydrogen) atoms. The molecule has 6 heteroatoms. The molecule has 0 unspecified atom stereocenters. The van der Waals surface area contributed by atoms with Gasteiger partial charge in [-0.05, 0) is 49.2 Å². The molecule has 0 radical (unpaired) electrons.